The van der Waals surface area contributed by atoms with Crippen molar-refractivity contribution in [3.8, 4) is 0 Å². The van der Waals surface area contributed by atoms with Crippen LogP contribution in [0.4, 0.5) is 5.69 Å². The Morgan fingerprint density at radius 1 is 1.44 bits per heavy atom. The first-order valence-corrected chi connectivity index (χ1v) is 5.16. The smallest absolute Gasteiger partial charge is 0.351 e. The quantitative estimate of drug-likeness (QED) is 0.451. The highest BCUT2D eigenvalue weighted by molar-refractivity contribution is 6.23. The molecule has 0 saturated heterocycles. The number of hydrogen-bond acceptors (Lipinski definition) is 5. The van der Waals surface area contributed by atoms with Gasteiger partial charge in [-0.3, -0.25) is 19.7 Å². The number of hydrogen-bond donors (Lipinski definition) is 1. The highest BCUT2D eigenvalue weighted by Crippen LogP contribution is 2.28. The Balaban J connectivity index is 2.60. The molecular weight excluding hydrogens is 240 g/mol. The topological polar surface area (TPSA) is 101 Å². The molecule has 0 radical (unpaired) electrons. The minimum Gasteiger partial charge on any atom is -0.392 e. The number of benzene rings is 1. The van der Waals surface area contributed by atoms with Crippen LogP contribution in [-0.2, 0) is 11.4 Å². The number of likely N-dealkylation sites (N-methyl/N-ethyl adjacent to an activating group) is 1. The van der Waals surface area contributed by atoms with E-state index >= 15 is 0 Å². The van der Waals surface area contributed by atoms with Crippen molar-refractivity contribution in [2.75, 3.05) is 11.9 Å². The molecule has 1 aliphatic rings. The van der Waals surface area contributed by atoms with Gasteiger partial charge in [0.1, 0.15) is 0 Å². The van der Waals surface area contributed by atoms with Gasteiger partial charge in [-0.15, -0.1) is 0 Å². The molecule has 1 N–H and O–H groups in total. The van der Waals surface area contributed by atoms with Gasteiger partial charge in [0.15, 0.2) is 0 Å². The van der Waals surface area contributed by atoms with Crippen LogP contribution in [0.25, 0.3) is 0 Å². The maximum absolute atomic E-state index is 11.9. The molecule has 1 aromatic carbocycles. The van der Waals surface area contributed by atoms with Crippen molar-refractivity contribution in [3.63, 3.8) is 0 Å². The van der Waals surface area contributed by atoms with Crippen molar-refractivity contribution in [2.24, 2.45) is 0 Å². The standard InChI is InChI=1S/C11H10N2O5/c1-12-8-3-2-6(5-14)4-7(8)10(15)9(11(12)16)13(17)18/h2-4,9,14H,5H2,1H3. The first kappa shape index (κ1) is 12.2. The monoisotopic (exact) mass is 250 g/mol. The Labute approximate surface area is 102 Å². The average Bonchev–Trinajstić information content (AvgIpc) is 2.35. The van der Waals surface area contributed by atoms with Crippen LogP contribution in [0.2, 0.25) is 0 Å². The third-order valence-electron chi connectivity index (χ3n) is 2.89. The summed E-state index contributed by atoms with van der Waals surface area (Å²) in [6.07, 6.45) is 0. The number of amides is 1. The van der Waals surface area contributed by atoms with E-state index < -0.39 is 22.7 Å². The van der Waals surface area contributed by atoms with Crippen LogP contribution in [0.3, 0.4) is 0 Å². The molecule has 0 saturated carbocycles. The Kier molecular flexibility index (Phi) is 2.84. The lowest BCUT2D eigenvalue weighted by molar-refractivity contribution is -0.491. The predicted molar refractivity (Wildman–Crippen MR) is 60.9 cm³/mol. The molecule has 0 spiro atoms. The normalized spacial score (nSPS) is 18.8. The number of anilines is 1. The number of rotatable bonds is 2. The fraction of sp³-hybridized carbons (Fsp3) is 0.273. The van der Waals surface area contributed by atoms with Gasteiger partial charge in [0, 0.05) is 17.5 Å². The minimum absolute atomic E-state index is 0.0883. The molecule has 7 nitrogen and oxygen atoms in total. The summed E-state index contributed by atoms with van der Waals surface area (Å²) in [6.45, 7) is -0.276. The van der Waals surface area contributed by atoms with Gasteiger partial charge in [0.2, 0.25) is 5.78 Å². The van der Waals surface area contributed by atoms with E-state index in [1.165, 1.54) is 19.2 Å². The summed E-state index contributed by atoms with van der Waals surface area (Å²) < 4.78 is 0. The van der Waals surface area contributed by atoms with Crippen LogP contribution in [-0.4, -0.2) is 34.8 Å². The van der Waals surface area contributed by atoms with Gasteiger partial charge in [0.05, 0.1) is 12.3 Å². The van der Waals surface area contributed by atoms with Crippen LogP contribution < -0.4 is 4.90 Å². The number of Topliss-reactive ketones (excluding diaryl/α,β-unsaturated/α-hetero) is 1. The van der Waals surface area contributed by atoms with Gasteiger partial charge in [-0.1, -0.05) is 6.07 Å². The maximum atomic E-state index is 11.9. The lowest BCUT2D eigenvalue weighted by atomic mass is 9.95. The van der Waals surface area contributed by atoms with E-state index in [0.29, 0.717) is 11.3 Å². The van der Waals surface area contributed by atoms with Gasteiger partial charge < -0.3 is 10.0 Å². The van der Waals surface area contributed by atoms with E-state index in [9.17, 15) is 19.7 Å². The summed E-state index contributed by atoms with van der Waals surface area (Å²) >= 11 is 0. The summed E-state index contributed by atoms with van der Waals surface area (Å²) in [5.41, 5.74) is 0.873. The van der Waals surface area contributed by atoms with Crippen LogP contribution >= 0.6 is 0 Å². The lowest BCUT2D eigenvalue weighted by Crippen LogP contribution is -2.50. The fourth-order valence-electron chi connectivity index (χ4n) is 1.92. The van der Waals surface area contributed by atoms with Gasteiger partial charge >= 0.3 is 11.9 Å². The third kappa shape index (κ3) is 1.65. The number of fused-ring (bicyclic) bond motifs is 1. The van der Waals surface area contributed by atoms with Gasteiger partial charge in [0.25, 0.3) is 0 Å². The molecule has 0 aliphatic carbocycles. The van der Waals surface area contributed by atoms with Crippen LogP contribution in [0.15, 0.2) is 18.2 Å². The molecule has 7 heteroatoms. The largest absolute Gasteiger partial charge is 0.392 e. The molecule has 1 atom stereocenters. The van der Waals surface area contributed by atoms with Crippen molar-refractivity contribution in [1.82, 2.24) is 0 Å². The molecule has 0 aromatic heterocycles. The van der Waals surface area contributed by atoms with Crippen molar-refractivity contribution in [2.45, 2.75) is 12.6 Å². The zero-order chi connectivity index (χ0) is 13.4. The number of carbonyl (C=O) groups is 2. The Morgan fingerprint density at radius 2 is 2.11 bits per heavy atom. The van der Waals surface area contributed by atoms with E-state index in [1.807, 2.05) is 0 Å². The molecule has 0 fully saturated rings. The van der Waals surface area contributed by atoms with Gasteiger partial charge in [-0.25, -0.2) is 0 Å². The molecule has 1 heterocycles. The van der Waals surface area contributed by atoms with E-state index in [1.54, 1.807) is 6.07 Å². The SMILES string of the molecule is CN1C(=O)C([N+](=O)[O-])C(=O)c2cc(CO)ccc21. The Morgan fingerprint density at radius 3 is 2.67 bits per heavy atom. The number of aliphatic hydroxyl groups is 1. The number of aliphatic hydroxyl groups excluding tert-OH is 1. The number of carbonyl (C=O) groups excluding carboxylic acids is 2. The lowest BCUT2D eigenvalue weighted by Gasteiger charge is -2.26. The highest BCUT2D eigenvalue weighted by Gasteiger charge is 2.46. The number of nitrogens with zero attached hydrogens (tertiary/aromatic N) is 2. The van der Waals surface area contributed by atoms with Crippen molar-refractivity contribution >= 4 is 17.4 Å². The van der Waals surface area contributed by atoms with Crippen molar-refractivity contribution in [1.29, 1.82) is 0 Å². The Bertz CT molecular complexity index is 554. The van der Waals surface area contributed by atoms with Gasteiger partial charge in [-0.05, 0) is 17.7 Å². The molecular formula is C11H10N2O5. The highest BCUT2D eigenvalue weighted by atomic mass is 16.6. The second-order valence-electron chi connectivity index (χ2n) is 3.96. The molecule has 2 rings (SSSR count). The summed E-state index contributed by atoms with van der Waals surface area (Å²) in [4.78, 5) is 34.6. The Hall–Kier alpha value is -2.28. The second kappa shape index (κ2) is 4.19. The predicted octanol–water partition coefficient (Wildman–Crippen LogP) is -0.0167. The minimum atomic E-state index is -1.89. The summed E-state index contributed by atoms with van der Waals surface area (Å²) in [7, 11) is 1.38. The molecule has 18 heavy (non-hydrogen) atoms. The van der Waals surface area contributed by atoms with E-state index in [-0.39, 0.29) is 12.2 Å². The summed E-state index contributed by atoms with van der Waals surface area (Å²) in [5, 5.41) is 19.8. The molecule has 0 bridgehead atoms. The van der Waals surface area contributed by atoms with Gasteiger partial charge in [-0.2, -0.15) is 0 Å². The van der Waals surface area contributed by atoms with Crippen LogP contribution in [0.1, 0.15) is 15.9 Å². The molecule has 94 valence electrons. The molecule has 1 amide bonds. The summed E-state index contributed by atoms with van der Waals surface area (Å²) in [5.74, 6) is -1.69. The average molecular weight is 250 g/mol. The zero-order valence-corrected chi connectivity index (χ0v) is 9.49. The van der Waals surface area contributed by atoms with Crippen molar-refractivity contribution < 1.29 is 19.6 Å². The molecule has 1 unspecified atom stereocenters. The van der Waals surface area contributed by atoms with E-state index in [0.717, 1.165) is 4.90 Å². The third-order valence-corrected chi connectivity index (χ3v) is 2.89. The fourth-order valence-corrected chi connectivity index (χ4v) is 1.92. The molecule has 1 aromatic rings. The first-order valence-electron chi connectivity index (χ1n) is 5.16. The maximum Gasteiger partial charge on any atom is 0.351 e. The van der Waals surface area contributed by atoms with Crippen molar-refractivity contribution in [3.05, 3.63) is 39.4 Å². The zero-order valence-electron chi connectivity index (χ0n) is 9.49. The van der Waals surface area contributed by atoms with Crippen LogP contribution in [0, 0.1) is 10.1 Å². The first-order chi connectivity index (χ1) is 8.47. The summed E-state index contributed by atoms with van der Waals surface area (Å²) in [6, 6.07) is 2.53. The number of nitro groups is 1. The van der Waals surface area contributed by atoms with E-state index in [2.05, 4.69) is 0 Å². The van der Waals surface area contributed by atoms with E-state index in [4.69, 9.17) is 5.11 Å². The second-order valence-corrected chi connectivity index (χ2v) is 3.96. The van der Waals surface area contributed by atoms with Crippen LogP contribution in [0.5, 0.6) is 0 Å². The molecule has 1 aliphatic heterocycles. The number of ketones is 1.